The first kappa shape index (κ1) is 21.3. The molecule has 1 aliphatic carbocycles. The third-order valence-electron chi connectivity index (χ3n) is 5.11. The van der Waals surface area contributed by atoms with Crippen LogP contribution in [0.4, 0.5) is 10.1 Å². The van der Waals surface area contributed by atoms with Crippen LogP contribution >= 0.6 is 0 Å². The average molecular weight is 420 g/mol. The molecule has 0 radical (unpaired) electrons. The second-order valence-corrected chi connectivity index (χ2v) is 9.17. The molecule has 156 valence electrons. The molecule has 1 fully saturated rings. The minimum Gasteiger partial charge on any atom is -0.354 e. The highest BCUT2D eigenvalue weighted by Gasteiger charge is 2.29. The molecule has 0 spiro atoms. The number of carbonyl (C=O) groups is 1. The van der Waals surface area contributed by atoms with Crippen LogP contribution in [0.15, 0.2) is 53.4 Å². The second kappa shape index (κ2) is 8.92. The number of sulfonamides is 1. The summed E-state index contributed by atoms with van der Waals surface area (Å²) >= 11 is 0. The molecule has 1 unspecified atom stereocenters. The van der Waals surface area contributed by atoms with Gasteiger partial charge in [0.05, 0.1) is 11.3 Å². The van der Waals surface area contributed by atoms with Gasteiger partial charge in [-0.15, -0.1) is 0 Å². The summed E-state index contributed by atoms with van der Waals surface area (Å²) in [6.07, 6.45) is 2.68. The summed E-state index contributed by atoms with van der Waals surface area (Å²) in [6, 6.07) is 12.2. The smallest absolute Gasteiger partial charge is 0.261 e. The number of anilines is 1. The van der Waals surface area contributed by atoms with E-state index in [1.807, 2.05) is 0 Å². The highest BCUT2D eigenvalue weighted by molar-refractivity contribution is 7.92. The molecule has 6 nitrogen and oxygen atoms in total. The monoisotopic (exact) mass is 419 g/mol. The number of nitrogens with one attached hydrogen (secondary N) is 2. The quantitative estimate of drug-likeness (QED) is 0.655. The van der Waals surface area contributed by atoms with E-state index in [4.69, 9.17) is 0 Å². The van der Waals surface area contributed by atoms with Crippen LogP contribution in [-0.4, -0.2) is 44.9 Å². The number of rotatable bonds is 9. The molecule has 0 aromatic heterocycles. The third kappa shape index (κ3) is 6.01. The van der Waals surface area contributed by atoms with Gasteiger partial charge in [0.15, 0.2) is 0 Å². The molecule has 0 saturated heterocycles. The van der Waals surface area contributed by atoms with Crippen LogP contribution < -0.4 is 10.0 Å². The number of nitrogens with zero attached hydrogens (tertiary/aromatic N) is 1. The molecule has 3 rings (SSSR count). The van der Waals surface area contributed by atoms with Gasteiger partial charge in [-0.1, -0.05) is 12.1 Å². The lowest BCUT2D eigenvalue weighted by Gasteiger charge is -2.24. The number of hydrogen-bond acceptors (Lipinski definition) is 4. The van der Waals surface area contributed by atoms with E-state index in [1.165, 1.54) is 25.0 Å². The zero-order chi connectivity index (χ0) is 21.0. The van der Waals surface area contributed by atoms with E-state index in [0.717, 1.165) is 17.7 Å². The summed E-state index contributed by atoms with van der Waals surface area (Å²) in [4.78, 5) is 14.5. The summed E-state index contributed by atoms with van der Waals surface area (Å²) in [5, 5.41) is 2.95. The van der Waals surface area contributed by atoms with Crippen LogP contribution in [0.2, 0.25) is 0 Å². The fraction of sp³-hybridized carbons (Fsp3) is 0.381. The number of benzene rings is 2. The number of hydrogen-bond donors (Lipinski definition) is 2. The summed E-state index contributed by atoms with van der Waals surface area (Å²) in [5.41, 5.74) is 1.16. The first-order valence-corrected chi connectivity index (χ1v) is 11.1. The molecule has 1 atom stereocenters. The van der Waals surface area contributed by atoms with Crippen molar-refractivity contribution in [3.8, 4) is 0 Å². The van der Waals surface area contributed by atoms with E-state index in [2.05, 4.69) is 28.9 Å². The minimum absolute atomic E-state index is 0.0207. The number of amides is 1. The van der Waals surface area contributed by atoms with Gasteiger partial charge in [-0.05, 0) is 68.8 Å². The van der Waals surface area contributed by atoms with E-state index < -0.39 is 15.8 Å². The Hall–Kier alpha value is -2.45. The summed E-state index contributed by atoms with van der Waals surface area (Å²) in [5.74, 6) is -0.569. The topological polar surface area (TPSA) is 78.5 Å². The molecule has 1 saturated carbocycles. The predicted molar refractivity (Wildman–Crippen MR) is 111 cm³/mol. The molecule has 2 aromatic rings. The summed E-state index contributed by atoms with van der Waals surface area (Å²) in [6.45, 7) is 2.70. The highest BCUT2D eigenvalue weighted by Crippen LogP contribution is 2.26. The predicted octanol–water partition coefficient (Wildman–Crippen LogP) is 2.77. The first-order valence-electron chi connectivity index (χ1n) is 9.60. The molecular formula is C21H26FN3O3S. The fourth-order valence-corrected chi connectivity index (χ4v) is 4.07. The maximum Gasteiger partial charge on any atom is 0.261 e. The molecule has 8 heteroatoms. The molecule has 0 heterocycles. The molecular weight excluding hydrogens is 393 g/mol. The second-order valence-electron chi connectivity index (χ2n) is 7.48. The van der Waals surface area contributed by atoms with Crippen molar-refractivity contribution in [1.29, 1.82) is 0 Å². The molecule has 2 N–H and O–H groups in total. The molecule has 29 heavy (non-hydrogen) atoms. The Morgan fingerprint density at radius 2 is 1.76 bits per heavy atom. The summed E-state index contributed by atoms with van der Waals surface area (Å²) < 4.78 is 40.1. The van der Waals surface area contributed by atoms with Crippen molar-refractivity contribution in [3.05, 3.63) is 59.9 Å². The maximum absolute atomic E-state index is 13.0. The van der Waals surface area contributed by atoms with Crippen molar-refractivity contribution in [2.45, 2.75) is 43.2 Å². The van der Waals surface area contributed by atoms with Gasteiger partial charge < -0.3 is 5.32 Å². The van der Waals surface area contributed by atoms with Gasteiger partial charge in [0, 0.05) is 24.3 Å². The Morgan fingerprint density at radius 3 is 2.34 bits per heavy atom. The standard InChI is InChI=1S/C21H26FN3O3S/c1-15(25(2)19-9-10-19)14-23-21(26)13-16-3-7-18(8-4-16)24-29(27,28)20-11-5-17(22)6-12-20/h3-8,11-12,15,19,24H,9-10,13-14H2,1-2H3,(H,23,26). The highest BCUT2D eigenvalue weighted by atomic mass is 32.2. The van der Waals surface area contributed by atoms with E-state index in [-0.39, 0.29) is 23.3 Å². The molecule has 1 aliphatic rings. The largest absolute Gasteiger partial charge is 0.354 e. The van der Waals surface area contributed by atoms with Gasteiger partial charge in [0.25, 0.3) is 10.0 Å². The zero-order valence-corrected chi connectivity index (χ0v) is 17.4. The Labute approximate surface area is 171 Å². The lowest BCUT2D eigenvalue weighted by atomic mass is 10.1. The van der Waals surface area contributed by atoms with Crippen LogP contribution in [0.3, 0.4) is 0 Å². The Kier molecular flexibility index (Phi) is 6.54. The van der Waals surface area contributed by atoms with Crippen LogP contribution in [0.1, 0.15) is 25.3 Å². The molecule has 0 aliphatic heterocycles. The van der Waals surface area contributed by atoms with E-state index in [0.29, 0.717) is 18.3 Å². The Bertz CT molecular complexity index is 942. The van der Waals surface area contributed by atoms with Crippen LogP contribution in [-0.2, 0) is 21.2 Å². The van der Waals surface area contributed by atoms with Crippen molar-refractivity contribution in [2.75, 3.05) is 18.3 Å². The van der Waals surface area contributed by atoms with Crippen molar-refractivity contribution >= 4 is 21.6 Å². The van der Waals surface area contributed by atoms with Crippen LogP contribution in [0.25, 0.3) is 0 Å². The van der Waals surface area contributed by atoms with E-state index >= 15 is 0 Å². The number of likely N-dealkylation sites (N-methyl/N-ethyl adjacent to an activating group) is 1. The van der Waals surface area contributed by atoms with Crippen molar-refractivity contribution in [1.82, 2.24) is 10.2 Å². The minimum atomic E-state index is -3.79. The summed E-state index contributed by atoms with van der Waals surface area (Å²) in [7, 11) is -1.71. The van der Waals surface area contributed by atoms with Crippen LogP contribution in [0, 0.1) is 5.82 Å². The first-order chi connectivity index (χ1) is 13.7. The number of carbonyl (C=O) groups excluding carboxylic acids is 1. The van der Waals surface area contributed by atoms with Crippen molar-refractivity contribution in [3.63, 3.8) is 0 Å². The average Bonchev–Trinajstić information content (AvgIpc) is 3.52. The zero-order valence-electron chi connectivity index (χ0n) is 16.6. The maximum atomic E-state index is 13.0. The Morgan fingerprint density at radius 1 is 1.14 bits per heavy atom. The van der Waals surface area contributed by atoms with Gasteiger partial charge in [-0.25, -0.2) is 12.8 Å². The van der Waals surface area contributed by atoms with Crippen molar-refractivity contribution in [2.24, 2.45) is 0 Å². The Balaban J connectivity index is 1.51. The van der Waals surface area contributed by atoms with E-state index in [9.17, 15) is 17.6 Å². The SMILES string of the molecule is CC(CNC(=O)Cc1ccc(NS(=O)(=O)c2ccc(F)cc2)cc1)N(C)C1CC1. The van der Waals surface area contributed by atoms with E-state index in [1.54, 1.807) is 24.3 Å². The fourth-order valence-electron chi connectivity index (χ4n) is 3.01. The normalized spacial score (nSPS) is 15.2. The van der Waals surface area contributed by atoms with Gasteiger partial charge >= 0.3 is 0 Å². The van der Waals surface area contributed by atoms with Crippen molar-refractivity contribution < 1.29 is 17.6 Å². The lowest BCUT2D eigenvalue weighted by Crippen LogP contribution is -2.41. The molecule has 1 amide bonds. The van der Waals surface area contributed by atoms with Crippen LogP contribution in [0.5, 0.6) is 0 Å². The van der Waals surface area contributed by atoms with Gasteiger partial charge in [0.1, 0.15) is 5.82 Å². The van der Waals surface area contributed by atoms with Gasteiger partial charge in [0.2, 0.25) is 5.91 Å². The third-order valence-corrected chi connectivity index (χ3v) is 6.50. The van der Waals surface area contributed by atoms with Gasteiger partial charge in [-0.2, -0.15) is 0 Å². The molecule has 2 aromatic carbocycles. The molecule has 0 bridgehead atoms. The number of halogens is 1. The van der Waals surface area contributed by atoms with Gasteiger partial charge in [-0.3, -0.25) is 14.4 Å². The lowest BCUT2D eigenvalue weighted by molar-refractivity contribution is -0.120.